The van der Waals surface area contributed by atoms with E-state index in [2.05, 4.69) is 76.1 Å². The summed E-state index contributed by atoms with van der Waals surface area (Å²) in [5, 5.41) is 16.8. The topological polar surface area (TPSA) is 95.7 Å². The predicted octanol–water partition coefficient (Wildman–Crippen LogP) is 3.33. The third-order valence-electron chi connectivity index (χ3n) is 9.35. The number of anilines is 1. The van der Waals surface area contributed by atoms with Crippen LogP contribution >= 0.6 is 0 Å². The highest BCUT2D eigenvalue weighted by Gasteiger charge is 2.35. The van der Waals surface area contributed by atoms with Gasteiger partial charge in [-0.2, -0.15) is 0 Å². The van der Waals surface area contributed by atoms with E-state index in [1.54, 1.807) is 11.9 Å². The number of amides is 1. The summed E-state index contributed by atoms with van der Waals surface area (Å²) in [4.78, 5) is 30.2. The minimum Gasteiger partial charge on any atom is -0.550 e. The highest BCUT2D eigenvalue weighted by atomic mass is 16.5. The molecule has 0 spiro atoms. The molecule has 1 amide bonds. The number of carbonyl (C=O) groups is 2. The maximum absolute atomic E-state index is 13.9. The molecule has 3 heterocycles. The molecule has 3 aromatic rings. The fraction of sp³-hybridized carbons (Fsp3) is 0.432. The van der Waals surface area contributed by atoms with Crippen molar-refractivity contribution in [1.29, 1.82) is 0 Å². The number of ether oxygens (including phenoxy) is 1. The zero-order valence-corrected chi connectivity index (χ0v) is 26.9. The van der Waals surface area contributed by atoms with Gasteiger partial charge >= 0.3 is 0 Å². The summed E-state index contributed by atoms with van der Waals surface area (Å²) in [6, 6.07) is 16.5. The first-order chi connectivity index (χ1) is 20.7. The quantitative estimate of drug-likeness (QED) is 0.358. The van der Waals surface area contributed by atoms with E-state index in [9.17, 15) is 14.7 Å². The molecule has 0 bridgehead atoms. The lowest BCUT2D eigenvalue weighted by Crippen LogP contribution is -2.90. The lowest BCUT2D eigenvalue weighted by molar-refractivity contribution is -0.588. The van der Waals surface area contributed by atoms with Crippen LogP contribution in [0.15, 0.2) is 48.5 Å². The smallest absolute Gasteiger partial charge is 0.254 e. The Hall–Kier alpha value is -4.13. The van der Waals surface area contributed by atoms with E-state index in [-0.39, 0.29) is 23.4 Å². The van der Waals surface area contributed by atoms with Crippen molar-refractivity contribution in [3.05, 3.63) is 86.9 Å². The lowest BCUT2D eigenvalue weighted by atomic mass is 9.79. The average molecular weight is 594 g/mol. The van der Waals surface area contributed by atoms with Crippen LogP contribution in [0.5, 0.6) is 11.5 Å². The van der Waals surface area contributed by atoms with Gasteiger partial charge in [-0.05, 0) is 88.1 Å². The number of hydrogen-bond acceptors (Lipinski definition) is 5. The molecule has 7 heteroatoms. The fourth-order valence-electron chi connectivity index (χ4n) is 7.58. The summed E-state index contributed by atoms with van der Waals surface area (Å²) in [5.74, 6) is 0.952. The first kappa shape index (κ1) is 29.9. The van der Waals surface area contributed by atoms with Crippen LogP contribution in [-0.2, 0) is 4.79 Å². The molecule has 7 nitrogen and oxygen atoms in total. The van der Waals surface area contributed by atoms with Crippen LogP contribution in [0.4, 0.5) is 5.69 Å². The maximum Gasteiger partial charge on any atom is 0.254 e. The van der Waals surface area contributed by atoms with Crippen LogP contribution in [0.3, 0.4) is 0 Å². The van der Waals surface area contributed by atoms with Crippen molar-refractivity contribution in [2.75, 3.05) is 18.9 Å². The van der Waals surface area contributed by atoms with E-state index in [1.807, 2.05) is 24.3 Å². The second kappa shape index (κ2) is 10.8. The third-order valence-corrected chi connectivity index (χ3v) is 9.35. The largest absolute Gasteiger partial charge is 0.550 e. The molecule has 3 aliphatic heterocycles. The number of carbonyl (C=O) groups excluding carboxylic acids is 2. The fourth-order valence-corrected chi connectivity index (χ4v) is 7.58. The molecule has 0 radical (unpaired) electrons. The number of aliphatic carboxylic acids is 1. The number of nitrogens with zero attached hydrogens (tertiary/aromatic N) is 1. The van der Waals surface area contributed by atoms with Gasteiger partial charge in [-0.25, -0.2) is 4.99 Å². The molecule has 2 atom stereocenters. The van der Waals surface area contributed by atoms with Crippen molar-refractivity contribution >= 4 is 23.1 Å². The number of carboxylic acids is 1. The van der Waals surface area contributed by atoms with Gasteiger partial charge in [0.1, 0.15) is 11.5 Å². The number of nitrogens with one attached hydrogen (secondary N) is 2. The number of rotatable bonds is 6. The third kappa shape index (κ3) is 5.49. The second-order valence-corrected chi connectivity index (χ2v) is 14.3. The Kier molecular flexibility index (Phi) is 7.34. The Morgan fingerprint density at radius 1 is 0.977 bits per heavy atom. The van der Waals surface area contributed by atoms with E-state index in [0.717, 1.165) is 57.3 Å². The summed E-state index contributed by atoms with van der Waals surface area (Å²) in [6.07, 6.45) is 2.26. The molecule has 2 unspecified atom stereocenters. The summed E-state index contributed by atoms with van der Waals surface area (Å²) in [6.45, 7) is 13.8. The van der Waals surface area contributed by atoms with Crippen LogP contribution in [0, 0.1) is 0 Å². The molecule has 6 rings (SSSR count). The van der Waals surface area contributed by atoms with Gasteiger partial charge in [-0.15, -0.1) is 0 Å². The van der Waals surface area contributed by atoms with Gasteiger partial charge in [0.25, 0.3) is 5.91 Å². The van der Waals surface area contributed by atoms with Crippen molar-refractivity contribution in [2.24, 2.45) is 0 Å². The number of benzene rings is 3. The van der Waals surface area contributed by atoms with Crippen LogP contribution in [0.2, 0.25) is 0 Å². The molecule has 0 fully saturated rings. The second-order valence-electron chi connectivity index (χ2n) is 14.3. The number of fused-ring (bicyclic) bond motifs is 4. The van der Waals surface area contributed by atoms with E-state index in [1.165, 1.54) is 11.1 Å². The van der Waals surface area contributed by atoms with E-state index < -0.39 is 5.97 Å². The minimum atomic E-state index is -1.11. The van der Waals surface area contributed by atoms with Crippen molar-refractivity contribution in [2.45, 2.75) is 90.1 Å². The normalized spacial score (nSPS) is 20.5. The highest BCUT2D eigenvalue weighted by Crippen LogP contribution is 2.46. The predicted molar refractivity (Wildman–Crippen MR) is 169 cm³/mol. The molecular weight excluding hydrogens is 550 g/mol. The summed E-state index contributed by atoms with van der Waals surface area (Å²) in [7, 11) is 1.72. The molecule has 0 saturated heterocycles. The first-order valence-corrected chi connectivity index (χ1v) is 15.8. The van der Waals surface area contributed by atoms with Gasteiger partial charge in [-0.3, -0.25) is 4.79 Å². The molecule has 230 valence electrons. The van der Waals surface area contributed by atoms with Crippen LogP contribution in [0.25, 0.3) is 5.57 Å². The Bertz CT molecular complexity index is 1810. The molecule has 0 aliphatic carbocycles. The summed E-state index contributed by atoms with van der Waals surface area (Å²) in [5.41, 5.74) is 6.86. The average Bonchev–Trinajstić information content (AvgIpc) is 2.92. The van der Waals surface area contributed by atoms with Crippen LogP contribution in [0.1, 0.15) is 112 Å². The molecule has 0 aromatic heterocycles. The van der Waals surface area contributed by atoms with Gasteiger partial charge in [-0.1, -0.05) is 32.0 Å². The summed E-state index contributed by atoms with van der Waals surface area (Å²) >= 11 is 0. The van der Waals surface area contributed by atoms with E-state index >= 15 is 0 Å². The van der Waals surface area contributed by atoms with Crippen molar-refractivity contribution in [3.8, 4) is 11.5 Å². The van der Waals surface area contributed by atoms with Gasteiger partial charge in [0.2, 0.25) is 5.36 Å². The zero-order valence-electron chi connectivity index (χ0n) is 26.9. The molecule has 3 aromatic carbocycles. The Balaban J connectivity index is 1.60. The van der Waals surface area contributed by atoms with Crippen LogP contribution < -0.4 is 30.7 Å². The minimum absolute atomic E-state index is 0.0369. The Labute approximate surface area is 259 Å². The standard InChI is InChI=1S/C37H43N3O4/c1-21-19-36(3,4)38-29-17-31-27(15-25(21)29)34(23-11-8-9-12-24(23)35(43)40(7)14-10-13-33(41)42)28-16-26-22(2)20-37(5,6)39-30(26)18-32(28)44-31/h8-9,11-12,15-18,21-22,38H,10,13-14,19-20H2,1-7H3,(H,41,42). The van der Waals surface area contributed by atoms with Crippen molar-refractivity contribution in [1.82, 2.24) is 4.90 Å². The van der Waals surface area contributed by atoms with Gasteiger partial charge < -0.3 is 24.9 Å². The number of carboxylic acid groups (broad SMARTS) is 1. The van der Waals surface area contributed by atoms with Gasteiger partial charge in [0, 0.05) is 70.8 Å². The van der Waals surface area contributed by atoms with Crippen LogP contribution in [-0.4, -0.2) is 41.4 Å². The van der Waals surface area contributed by atoms with E-state index in [0.29, 0.717) is 30.4 Å². The monoisotopic (exact) mass is 593 g/mol. The molecular formula is C37H43N3O4. The lowest BCUT2D eigenvalue weighted by Gasteiger charge is -2.38. The highest BCUT2D eigenvalue weighted by molar-refractivity contribution is 6.02. The van der Waals surface area contributed by atoms with Crippen molar-refractivity contribution in [3.63, 3.8) is 0 Å². The SMILES string of the molecule is CC1CC(C)(C)Nc2cc3c(cc21)C(c1ccccc1C(=O)N(C)CCCC(=O)[O-])=c1cc2c(cc1O3)=[NH+]C(C)(C)CC2C. The van der Waals surface area contributed by atoms with Gasteiger partial charge in [0.15, 0.2) is 5.54 Å². The molecule has 2 N–H and O–H groups in total. The Morgan fingerprint density at radius 3 is 2.45 bits per heavy atom. The summed E-state index contributed by atoms with van der Waals surface area (Å²) < 4.78 is 6.73. The number of hydrogen-bond donors (Lipinski definition) is 2. The molecule has 3 aliphatic rings. The zero-order chi connectivity index (χ0) is 31.6. The molecule has 44 heavy (non-hydrogen) atoms. The molecule has 0 saturated carbocycles. The Morgan fingerprint density at radius 2 is 1.70 bits per heavy atom. The maximum atomic E-state index is 13.9. The van der Waals surface area contributed by atoms with E-state index in [4.69, 9.17) is 4.74 Å². The first-order valence-electron chi connectivity index (χ1n) is 15.8. The van der Waals surface area contributed by atoms with Gasteiger partial charge in [0.05, 0.1) is 6.07 Å². The van der Waals surface area contributed by atoms with Crippen molar-refractivity contribution < 1.29 is 24.4 Å².